The Morgan fingerprint density at radius 3 is 2.83 bits per heavy atom. The van der Waals surface area contributed by atoms with Crippen LogP contribution in [0.2, 0.25) is 0 Å². The summed E-state index contributed by atoms with van der Waals surface area (Å²) in [6, 6.07) is 5.97. The van der Waals surface area contributed by atoms with Crippen LogP contribution >= 0.6 is 0 Å². The molecule has 0 saturated carbocycles. The zero-order valence-electron chi connectivity index (χ0n) is 10.5. The highest BCUT2D eigenvalue weighted by Gasteiger charge is 2.09. The van der Waals surface area contributed by atoms with Gasteiger partial charge < -0.3 is 0 Å². The SMILES string of the molecule is CCc1cc(CC)n(-c2ccn3nccc3n2)n1. The Kier molecular flexibility index (Phi) is 2.59. The Labute approximate surface area is 105 Å². The molecule has 0 saturated heterocycles. The molecule has 0 fully saturated rings. The van der Waals surface area contributed by atoms with Crippen LogP contribution in [0.1, 0.15) is 25.2 Å². The van der Waals surface area contributed by atoms with Crippen LogP contribution in [0.15, 0.2) is 30.6 Å². The molecule has 5 heteroatoms. The maximum Gasteiger partial charge on any atom is 0.157 e. The molecule has 3 aromatic rings. The molecule has 92 valence electrons. The Hall–Kier alpha value is -2.17. The average Bonchev–Trinajstić information content (AvgIpc) is 3.03. The van der Waals surface area contributed by atoms with Crippen LogP contribution in [0.3, 0.4) is 0 Å². The largest absolute Gasteiger partial charge is 0.222 e. The van der Waals surface area contributed by atoms with E-state index in [9.17, 15) is 0 Å². The van der Waals surface area contributed by atoms with Crippen molar-refractivity contribution in [2.24, 2.45) is 0 Å². The lowest BCUT2D eigenvalue weighted by molar-refractivity contribution is 0.767. The summed E-state index contributed by atoms with van der Waals surface area (Å²) in [6.45, 7) is 4.24. The van der Waals surface area contributed by atoms with Gasteiger partial charge in [0.15, 0.2) is 11.5 Å². The fourth-order valence-corrected chi connectivity index (χ4v) is 2.02. The Balaban J connectivity index is 2.14. The lowest BCUT2D eigenvalue weighted by Crippen LogP contribution is -2.05. The minimum atomic E-state index is 0.836. The lowest BCUT2D eigenvalue weighted by Gasteiger charge is -2.04. The van der Waals surface area contributed by atoms with Gasteiger partial charge in [0.2, 0.25) is 0 Å². The predicted octanol–water partition coefficient (Wildman–Crippen LogP) is 2.04. The molecule has 0 radical (unpaired) electrons. The van der Waals surface area contributed by atoms with E-state index in [2.05, 4.69) is 35.1 Å². The summed E-state index contributed by atoms with van der Waals surface area (Å²) in [5.74, 6) is 0.847. The van der Waals surface area contributed by atoms with Crippen molar-refractivity contribution in [2.45, 2.75) is 26.7 Å². The predicted molar refractivity (Wildman–Crippen MR) is 68.9 cm³/mol. The van der Waals surface area contributed by atoms with Crippen molar-refractivity contribution in [1.29, 1.82) is 0 Å². The second-order valence-electron chi connectivity index (χ2n) is 4.17. The smallest absolute Gasteiger partial charge is 0.157 e. The number of aryl methyl sites for hydroxylation is 2. The third-order valence-corrected chi connectivity index (χ3v) is 3.02. The van der Waals surface area contributed by atoms with E-state index in [0.717, 1.165) is 30.0 Å². The van der Waals surface area contributed by atoms with Gasteiger partial charge in [-0.3, -0.25) is 0 Å². The fourth-order valence-electron chi connectivity index (χ4n) is 2.02. The number of hydrogen-bond acceptors (Lipinski definition) is 3. The second-order valence-corrected chi connectivity index (χ2v) is 4.17. The summed E-state index contributed by atoms with van der Waals surface area (Å²) in [7, 11) is 0. The van der Waals surface area contributed by atoms with Crippen molar-refractivity contribution >= 4 is 5.65 Å². The molecule has 0 atom stereocenters. The molecule has 5 nitrogen and oxygen atoms in total. The van der Waals surface area contributed by atoms with Crippen molar-refractivity contribution in [2.75, 3.05) is 0 Å². The molecule has 3 heterocycles. The highest BCUT2D eigenvalue weighted by Crippen LogP contribution is 2.13. The minimum absolute atomic E-state index is 0.836. The molecule has 3 aromatic heterocycles. The van der Waals surface area contributed by atoms with Crippen molar-refractivity contribution in [3.05, 3.63) is 42.0 Å². The van der Waals surface area contributed by atoms with Gasteiger partial charge in [-0.25, -0.2) is 14.2 Å². The average molecular weight is 241 g/mol. The van der Waals surface area contributed by atoms with E-state index in [1.165, 1.54) is 5.69 Å². The van der Waals surface area contributed by atoms with Gasteiger partial charge in [-0.15, -0.1) is 0 Å². The normalized spacial score (nSPS) is 11.2. The number of fused-ring (bicyclic) bond motifs is 1. The third-order valence-electron chi connectivity index (χ3n) is 3.02. The molecule has 0 aliphatic carbocycles. The molecule has 0 aliphatic rings. The van der Waals surface area contributed by atoms with Gasteiger partial charge in [0.05, 0.1) is 11.9 Å². The van der Waals surface area contributed by atoms with Gasteiger partial charge in [-0.1, -0.05) is 13.8 Å². The lowest BCUT2D eigenvalue weighted by atomic mass is 10.2. The van der Waals surface area contributed by atoms with Crippen molar-refractivity contribution in [3.8, 4) is 5.82 Å². The number of hydrogen-bond donors (Lipinski definition) is 0. The molecular weight excluding hydrogens is 226 g/mol. The summed E-state index contributed by atoms with van der Waals surface area (Å²) in [5, 5.41) is 8.73. The highest BCUT2D eigenvalue weighted by atomic mass is 15.3. The zero-order valence-corrected chi connectivity index (χ0v) is 10.5. The van der Waals surface area contributed by atoms with Crippen molar-refractivity contribution in [1.82, 2.24) is 24.4 Å². The number of rotatable bonds is 3. The maximum atomic E-state index is 4.59. The number of aromatic nitrogens is 5. The van der Waals surface area contributed by atoms with Gasteiger partial charge in [-0.2, -0.15) is 10.2 Å². The van der Waals surface area contributed by atoms with Crippen LogP contribution in [0, 0.1) is 0 Å². The van der Waals surface area contributed by atoms with Crippen LogP contribution in [0.25, 0.3) is 11.5 Å². The molecule has 0 bridgehead atoms. The highest BCUT2D eigenvalue weighted by molar-refractivity contribution is 5.40. The van der Waals surface area contributed by atoms with Gasteiger partial charge in [-0.05, 0) is 18.9 Å². The quantitative estimate of drug-likeness (QED) is 0.705. The summed E-state index contributed by atoms with van der Waals surface area (Å²) >= 11 is 0. The van der Waals surface area contributed by atoms with Crippen molar-refractivity contribution in [3.63, 3.8) is 0 Å². The Morgan fingerprint density at radius 2 is 2.06 bits per heavy atom. The Morgan fingerprint density at radius 1 is 1.17 bits per heavy atom. The monoisotopic (exact) mass is 241 g/mol. The van der Waals surface area contributed by atoms with Crippen LogP contribution in [-0.4, -0.2) is 24.4 Å². The van der Waals surface area contributed by atoms with Crippen LogP contribution < -0.4 is 0 Å². The van der Waals surface area contributed by atoms with Crippen LogP contribution in [0.5, 0.6) is 0 Å². The fraction of sp³-hybridized carbons (Fsp3) is 0.308. The summed E-state index contributed by atoms with van der Waals surface area (Å²) in [5.41, 5.74) is 3.12. The van der Waals surface area contributed by atoms with E-state index in [0.29, 0.717) is 0 Å². The van der Waals surface area contributed by atoms with Crippen molar-refractivity contribution < 1.29 is 0 Å². The van der Waals surface area contributed by atoms with E-state index in [4.69, 9.17) is 0 Å². The molecular formula is C13H15N5. The van der Waals surface area contributed by atoms with Gasteiger partial charge in [0, 0.05) is 24.0 Å². The molecule has 0 N–H and O–H groups in total. The first-order chi connectivity index (χ1) is 8.81. The van der Waals surface area contributed by atoms with E-state index in [1.54, 1.807) is 10.7 Å². The molecule has 3 rings (SSSR count). The van der Waals surface area contributed by atoms with Crippen LogP contribution in [-0.2, 0) is 12.8 Å². The van der Waals surface area contributed by atoms with Crippen LogP contribution in [0.4, 0.5) is 0 Å². The molecule has 0 spiro atoms. The van der Waals surface area contributed by atoms with E-state index in [-0.39, 0.29) is 0 Å². The topological polar surface area (TPSA) is 48.0 Å². The van der Waals surface area contributed by atoms with Gasteiger partial charge >= 0.3 is 0 Å². The molecule has 0 amide bonds. The van der Waals surface area contributed by atoms with Gasteiger partial charge in [0.25, 0.3) is 0 Å². The molecule has 0 unspecified atom stereocenters. The Bertz CT molecular complexity index is 680. The molecule has 0 aliphatic heterocycles. The first-order valence-electron chi connectivity index (χ1n) is 6.20. The van der Waals surface area contributed by atoms with E-state index < -0.39 is 0 Å². The zero-order chi connectivity index (χ0) is 12.5. The standard InChI is InChI=1S/C13H15N5/c1-3-10-9-11(4-2)18(16-10)13-6-8-17-12(15-13)5-7-14-17/h5-9H,3-4H2,1-2H3. The maximum absolute atomic E-state index is 4.59. The molecule has 0 aromatic carbocycles. The third kappa shape index (κ3) is 1.68. The van der Waals surface area contributed by atoms with E-state index in [1.807, 2.05) is 23.0 Å². The first-order valence-corrected chi connectivity index (χ1v) is 6.20. The minimum Gasteiger partial charge on any atom is -0.222 e. The van der Waals surface area contributed by atoms with E-state index >= 15 is 0 Å². The first kappa shape index (κ1) is 11.0. The summed E-state index contributed by atoms with van der Waals surface area (Å²) in [4.78, 5) is 4.56. The van der Waals surface area contributed by atoms with Gasteiger partial charge in [0.1, 0.15) is 0 Å². The molecule has 18 heavy (non-hydrogen) atoms. The number of nitrogens with zero attached hydrogens (tertiary/aromatic N) is 5. The summed E-state index contributed by atoms with van der Waals surface area (Å²) in [6.07, 6.45) is 5.53. The summed E-state index contributed by atoms with van der Waals surface area (Å²) < 4.78 is 3.67. The second kappa shape index (κ2) is 4.25.